The van der Waals surface area contributed by atoms with Crippen molar-refractivity contribution in [2.24, 2.45) is 5.41 Å². The number of hydrogen-bond acceptors (Lipinski definition) is 4. The first-order valence-corrected chi connectivity index (χ1v) is 5.84. The molecule has 0 amide bonds. The first-order chi connectivity index (χ1) is 8.36. The number of anilines is 2. The minimum atomic E-state index is -0.733. The second-order valence-electron chi connectivity index (χ2n) is 5.17. The smallest absolute Gasteiger partial charge is 0.168 e. The zero-order valence-corrected chi connectivity index (χ0v) is 10.6. The topological polar surface area (TPSA) is 57.2 Å². The maximum absolute atomic E-state index is 13.6. The molecule has 2 unspecified atom stereocenters. The van der Waals surface area contributed by atoms with Gasteiger partial charge in [0.15, 0.2) is 23.3 Å². The molecule has 18 heavy (non-hydrogen) atoms. The highest BCUT2D eigenvalue weighted by molar-refractivity contribution is 5.48. The lowest BCUT2D eigenvalue weighted by Crippen LogP contribution is -2.57. The van der Waals surface area contributed by atoms with E-state index in [-0.39, 0.29) is 23.1 Å². The zero-order valence-electron chi connectivity index (χ0n) is 10.6. The monoisotopic (exact) mass is 257 g/mol. The molecule has 1 aliphatic rings. The molecule has 2 rings (SSSR count). The summed E-state index contributed by atoms with van der Waals surface area (Å²) < 4.78 is 26.8. The lowest BCUT2D eigenvalue weighted by molar-refractivity contribution is -0.0512. The van der Waals surface area contributed by atoms with Gasteiger partial charge in [0.05, 0.1) is 6.10 Å². The molecule has 100 valence electrons. The van der Waals surface area contributed by atoms with E-state index in [1.54, 1.807) is 0 Å². The van der Waals surface area contributed by atoms with E-state index in [0.29, 0.717) is 6.42 Å². The highest BCUT2D eigenvalue weighted by atomic mass is 19.1. The molecule has 1 saturated carbocycles. The predicted molar refractivity (Wildman–Crippen MR) is 65.5 cm³/mol. The fraction of sp³-hybridized carbons (Fsp3) is 0.583. The van der Waals surface area contributed by atoms with Crippen molar-refractivity contribution < 1.29 is 13.9 Å². The molecule has 1 aliphatic carbocycles. The van der Waals surface area contributed by atoms with E-state index in [0.717, 1.165) is 6.07 Å². The Morgan fingerprint density at radius 1 is 1.33 bits per heavy atom. The first kappa shape index (κ1) is 13.0. The van der Waals surface area contributed by atoms with Crippen LogP contribution in [-0.4, -0.2) is 29.3 Å². The first-order valence-electron chi connectivity index (χ1n) is 5.84. The molecule has 1 heterocycles. The fourth-order valence-electron chi connectivity index (χ4n) is 2.06. The summed E-state index contributed by atoms with van der Waals surface area (Å²) in [6, 6.07) is 0.716. The number of halogens is 2. The molecule has 0 aliphatic heterocycles. The molecule has 3 N–H and O–H groups in total. The van der Waals surface area contributed by atoms with Gasteiger partial charge in [-0.2, -0.15) is 0 Å². The molecule has 0 saturated heterocycles. The Morgan fingerprint density at radius 3 is 2.44 bits per heavy atom. The van der Waals surface area contributed by atoms with Gasteiger partial charge in [0.25, 0.3) is 0 Å². The fourth-order valence-corrected chi connectivity index (χ4v) is 2.06. The van der Waals surface area contributed by atoms with E-state index >= 15 is 0 Å². The third-order valence-corrected chi connectivity index (χ3v) is 3.69. The van der Waals surface area contributed by atoms with Crippen LogP contribution in [-0.2, 0) is 0 Å². The summed E-state index contributed by atoms with van der Waals surface area (Å²) in [5.74, 6) is -1.46. The summed E-state index contributed by atoms with van der Waals surface area (Å²) in [5.41, 5.74) is -0.345. The molecule has 0 aromatic carbocycles. The Balaban J connectivity index is 2.20. The van der Waals surface area contributed by atoms with Gasteiger partial charge in [0.2, 0.25) is 0 Å². The molecule has 1 fully saturated rings. The van der Waals surface area contributed by atoms with Gasteiger partial charge in [-0.1, -0.05) is 13.8 Å². The quantitative estimate of drug-likeness (QED) is 0.775. The molecular formula is C12H17F2N3O. The number of nitrogens with one attached hydrogen (secondary N) is 2. The average molecular weight is 257 g/mol. The zero-order chi connectivity index (χ0) is 13.5. The lowest BCUT2D eigenvalue weighted by atomic mass is 9.64. The number of aromatic nitrogens is 1. The predicted octanol–water partition coefficient (Wildman–Crippen LogP) is 1.97. The third kappa shape index (κ3) is 2.01. The molecule has 4 nitrogen and oxygen atoms in total. The van der Waals surface area contributed by atoms with E-state index in [2.05, 4.69) is 15.6 Å². The van der Waals surface area contributed by atoms with Crippen molar-refractivity contribution in [3.8, 4) is 0 Å². The Morgan fingerprint density at radius 2 is 1.94 bits per heavy atom. The standard InChI is InChI=1S/C12H17F2N3O/c1-12(2)8(5-9(12)18)16-11-7(14)4-6(13)10(15-3)17-11/h4,8-9,18H,5H2,1-3H3,(H2,15,16,17). The van der Waals surface area contributed by atoms with E-state index in [4.69, 9.17) is 0 Å². The summed E-state index contributed by atoms with van der Waals surface area (Å²) >= 11 is 0. The summed E-state index contributed by atoms with van der Waals surface area (Å²) in [6.45, 7) is 3.78. The van der Waals surface area contributed by atoms with Crippen LogP contribution in [0.15, 0.2) is 6.07 Å². The average Bonchev–Trinajstić information content (AvgIpc) is 2.31. The number of nitrogens with zero attached hydrogens (tertiary/aromatic N) is 1. The number of aliphatic hydroxyl groups is 1. The Hall–Kier alpha value is -1.43. The maximum Gasteiger partial charge on any atom is 0.168 e. The molecule has 0 bridgehead atoms. The van der Waals surface area contributed by atoms with Crippen LogP contribution in [0.2, 0.25) is 0 Å². The molecule has 0 radical (unpaired) electrons. The SMILES string of the molecule is CNc1nc(NC2CC(O)C2(C)C)c(F)cc1F. The van der Waals surface area contributed by atoms with Gasteiger partial charge in [-0.15, -0.1) is 0 Å². The largest absolute Gasteiger partial charge is 0.392 e. The Bertz CT molecular complexity index is 465. The van der Waals surface area contributed by atoms with Crippen LogP contribution in [0.1, 0.15) is 20.3 Å². The summed E-state index contributed by atoms with van der Waals surface area (Å²) in [6.07, 6.45) is 0.114. The van der Waals surface area contributed by atoms with E-state index in [1.165, 1.54) is 7.05 Å². The van der Waals surface area contributed by atoms with Gasteiger partial charge < -0.3 is 15.7 Å². The maximum atomic E-state index is 13.6. The van der Waals surface area contributed by atoms with Crippen molar-refractivity contribution in [2.45, 2.75) is 32.4 Å². The van der Waals surface area contributed by atoms with Crippen LogP contribution in [0.5, 0.6) is 0 Å². The summed E-state index contributed by atoms with van der Waals surface area (Å²) in [4.78, 5) is 3.85. The second kappa shape index (κ2) is 4.35. The van der Waals surface area contributed by atoms with Crippen LogP contribution in [0, 0.1) is 17.0 Å². The highest BCUT2D eigenvalue weighted by Gasteiger charge is 2.47. The molecule has 1 aromatic heterocycles. The summed E-state index contributed by atoms with van der Waals surface area (Å²) in [5, 5.41) is 15.1. The van der Waals surface area contributed by atoms with Crippen LogP contribution >= 0.6 is 0 Å². The van der Waals surface area contributed by atoms with E-state index < -0.39 is 17.7 Å². The van der Waals surface area contributed by atoms with Gasteiger partial charge >= 0.3 is 0 Å². The Kier molecular flexibility index (Phi) is 3.14. The van der Waals surface area contributed by atoms with Crippen molar-refractivity contribution in [3.63, 3.8) is 0 Å². The van der Waals surface area contributed by atoms with E-state index in [9.17, 15) is 13.9 Å². The van der Waals surface area contributed by atoms with Crippen molar-refractivity contribution in [3.05, 3.63) is 17.7 Å². The van der Waals surface area contributed by atoms with Crippen molar-refractivity contribution in [1.82, 2.24) is 4.98 Å². The molecule has 0 spiro atoms. The van der Waals surface area contributed by atoms with Crippen molar-refractivity contribution >= 4 is 11.6 Å². The molecule has 1 aromatic rings. The normalized spacial score (nSPS) is 25.4. The van der Waals surface area contributed by atoms with Crippen LogP contribution < -0.4 is 10.6 Å². The highest BCUT2D eigenvalue weighted by Crippen LogP contribution is 2.42. The number of pyridine rings is 1. The minimum absolute atomic E-state index is 0.00317. The van der Waals surface area contributed by atoms with Crippen molar-refractivity contribution in [2.75, 3.05) is 17.7 Å². The van der Waals surface area contributed by atoms with E-state index in [1.807, 2.05) is 13.8 Å². The third-order valence-electron chi connectivity index (χ3n) is 3.69. The molecule has 2 atom stereocenters. The molecular weight excluding hydrogens is 240 g/mol. The lowest BCUT2D eigenvalue weighted by Gasteiger charge is -2.49. The second-order valence-corrected chi connectivity index (χ2v) is 5.17. The van der Waals surface area contributed by atoms with Gasteiger partial charge in [0.1, 0.15) is 0 Å². The van der Waals surface area contributed by atoms with Crippen LogP contribution in [0.25, 0.3) is 0 Å². The summed E-state index contributed by atoms with van der Waals surface area (Å²) in [7, 11) is 1.52. The van der Waals surface area contributed by atoms with Crippen LogP contribution in [0.3, 0.4) is 0 Å². The number of aliphatic hydroxyl groups excluding tert-OH is 1. The Labute approximate surface area is 104 Å². The number of rotatable bonds is 3. The van der Waals surface area contributed by atoms with Gasteiger partial charge in [-0.25, -0.2) is 13.8 Å². The van der Waals surface area contributed by atoms with Crippen molar-refractivity contribution in [1.29, 1.82) is 0 Å². The van der Waals surface area contributed by atoms with Gasteiger partial charge in [-0.3, -0.25) is 0 Å². The van der Waals surface area contributed by atoms with Gasteiger partial charge in [-0.05, 0) is 6.42 Å². The molecule has 6 heteroatoms. The van der Waals surface area contributed by atoms with Crippen LogP contribution in [0.4, 0.5) is 20.4 Å². The number of hydrogen-bond donors (Lipinski definition) is 3. The minimum Gasteiger partial charge on any atom is -0.392 e. The van der Waals surface area contributed by atoms with Gasteiger partial charge in [0, 0.05) is 24.6 Å².